The molecule has 6 nitrogen and oxygen atoms in total. The van der Waals surface area contributed by atoms with Gasteiger partial charge in [-0.3, -0.25) is 4.99 Å². The van der Waals surface area contributed by atoms with E-state index >= 15 is 0 Å². The van der Waals surface area contributed by atoms with E-state index in [-0.39, 0.29) is 12.2 Å². The van der Waals surface area contributed by atoms with E-state index < -0.39 is 0 Å². The summed E-state index contributed by atoms with van der Waals surface area (Å²) in [5.41, 5.74) is 3.62. The molecule has 6 heteroatoms. The summed E-state index contributed by atoms with van der Waals surface area (Å²) in [6.07, 6.45) is 18.2. The minimum absolute atomic E-state index is 0.00586. The summed E-state index contributed by atoms with van der Waals surface area (Å²) in [5, 5.41) is 9.32. The predicted octanol–water partition coefficient (Wildman–Crippen LogP) is 6.82. The number of aliphatic imine (C=N–C) groups is 1. The fraction of sp³-hybridized carbons (Fsp3) is 0.882. The molecule has 1 heterocycles. The maximum Gasteiger partial charge on any atom is 0.407 e. The highest BCUT2D eigenvalue weighted by atomic mass is 16.6. The third kappa shape index (κ3) is 4.68. The first-order valence-corrected chi connectivity index (χ1v) is 16.8. The molecule has 0 aromatic carbocycles. The molecule has 224 valence electrons. The minimum atomic E-state index is -0.281. The Morgan fingerprint density at radius 1 is 1.12 bits per heavy atom. The zero-order valence-electron chi connectivity index (χ0n) is 26.0. The molecule has 5 aliphatic carbocycles. The Kier molecular flexibility index (Phi) is 7.47. The maximum atomic E-state index is 12.5. The number of nitrogens with one attached hydrogen (secondary N) is 3. The van der Waals surface area contributed by atoms with Crippen molar-refractivity contribution in [1.82, 2.24) is 16.0 Å². The first kappa shape index (κ1) is 28.4. The highest BCUT2D eigenvalue weighted by molar-refractivity contribution is 5.81. The Bertz CT molecular complexity index is 1040. The van der Waals surface area contributed by atoms with Crippen molar-refractivity contribution in [2.45, 2.75) is 118 Å². The highest BCUT2D eigenvalue weighted by Crippen LogP contribution is 2.84. The van der Waals surface area contributed by atoms with Crippen LogP contribution in [0.4, 0.5) is 4.79 Å². The Balaban J connectivity index is 1.05. The molecule has 0 aromatic rings. The Labute approximate surface area is 243 Å². The van der Waals surface area contributed by atoms with Gasteiger partial charge in [0.2, 0.25) is 0 Å². The summed E-state index contributed by atoms with van der Waals surface area (Å²) >= 11 is 0. The number of amides is 1. The monoisotopic (exact) mass is 552 g/mol. The number of fused-ring (bicyclic) bond motifs is 6. The first-order valence-electron chi connectivity index (χ1n) is 16.8. The molecule has 1 spiro atoms. The van der Waals surface area contributed by atoms with Crippen molar-refractivity contribution >= 4 is 12.1 Å². The first-order chi connectivity index (χ1) is 19.1. The third-order valence-corrected chi connectivity index (χ3v) is 13.3. The number of carbonyl (C=O) groups is 1. The second-order valence-corrected chi connectivity index (χ2v) is 15.6. The molecule has 1 aliphatic heterocycles. The molecule has 0 aromatic heterocycles. The van der Waals surface area contributed by atoms with Crippen LogP contribution in [0.2, 0.25) is 0 Å². The van der Waals surface area contributed by atoms with Gasteiger partial charge in [0.15, 0.2) is 5.96 Å². The largest absolute Gasteiger partial charge is 0.446 e. The van der Waals surface area contributed by atoms with E-state index in [1.165, 1.54) is 57.8 Å². The van der Waals surface area contributed by atoms with Crippen LogP contribution in [-0.4, -0.2) is 44.3 Å². The lowest BCUT2D eigenvalue weighted by Gasteiger charge is -2.58. The zero-order valence-corrected chi connectivity index (χ0v) is 26.0. The fourth-order valence-corrected chi connectivity index (χ4v) is 11.0. The van der Waals surface area contributed by atoms with Crippen molar-refractivity contribution in [2.75, 3.05) is 26.2 Å². The topological polar surface area (TPSA) is 74.8 Å². The second-order valence-electron chi connectivity index (χ2n) is 15.6. The number of alkyl carbamates (subject to hydrolysis) is 1. The molecule has 1 amide bonds. The molecule has 0 radical (unpaired) electrons. The van der Waals surface area contributed by atoms with E-state index in [1.54, 1.807) is 5.57 Å². The van der Waals surface area contributed by atoms with Crippen LogP contribution in [0.5, 0.6) is 0 Å². The molecule has 4 saturated carbocycles. The number of hydrogen-bond donors (Lipinski definition) is 3. The molecule has 3 N–H and O–H groups in total. The van der Waals surface area contributed by atoms with Gasteiger partial charge in [-0.25, -0.2) is 4.79 Å². The number of rotatable bonds is 8. The van der Waals surface area contributed by atoms with Gasteiger partial charge in [0.1, 0.15) is 6.10 Å². The van der Waals surface area contributed by atoms with Gasteiger partial charge in [-0.15, -0.1) is 0 Å². The lowest BCUT2D eigenvalue weighted by atomic mass is 9.46. The Morgan fingerprint density at radius 3 is 2.73 bits per heavy atom. The van der Waals surface area contributed by atoms with Crippen molar-refractivity contribution in [3.63, 3.8) is 0 Å². The van der Waals surface area contributed by atoms with Gasteiger partial charge in [0.25, 0.3) is 0 Å². The number of nitrogens with zero attached hydrogens (tertiary/aromatic N) is 1. The number of ether oxygens (including phenoxy) is 1. The molecule has 40 heavy (non-hydrogen) atoms. The van der Waals surface area contributed by atoms with Crippen LogP contribution in [-0.2, 0) is 4.74 Å². The van der Waals surface area contributed by atoms with Gasteiger partial charge in [-0.1, -0.05) is 59.1 Å². The van der Waals surface area contributed by atoms with E-state index in [9.17, 15) is 4.79 Å². The van der Waals surface area contributed by atoms with Crippen molar-refractivity contribution in [2.24, 2.45) is 50.3 Å². The molecule has 8 atom stereocenters. The SMILES string of the molecule is CC(C)CCC[C@@]1(C)C[C@@]12CC[C@H]1[C@@H]3CC=C4C[C@@H](OC(=O)NCCNC5=NCCN5)CC[C@]4(C)[C@H]3CC[C@@]12C. The van der Waals surface area contributed by atoms with E-state index in [0.29, 0.717) is 34.7 Å². The van der Waals surface area contributed by atoms with Gasteiger partial charge in [-0.2, -0.15) is 0 Å². The fourth-order valence-electron chi connectivity index (χ4n) is 11.0. The van der Waals surface area contributed by atoms with E-state index in [0.717, 1.165) is 62.0 Å². The maximum absolute atomic E-state index is 12.5. The van der Waals surface area contributed by atoms with Crippen LogP contribution in [0.15, 0.2) is 16.6 Å². The van der Waals surface area contributed by atoms with Crippen LogP contribution < -0.4 is 16.0 Å². The summed E-state index contributed by atoms with van der Waals surface area (Å²) in [6, 6.07) is 0. The number of hydrogen-bond acceptors (Lipinski definition) is 5. The molecule has 0 unspecified atom stereocenters. The molecule has 6 rings (SSSR count). The van der Waals surface area contributed by atoms with Crippen LogP contribution in [0.1, 0.15) is 112 Å². The lowest BCUT2D eigenvalue weighted by molar-refractivity contribution is -0.0623. The average Bonchev–Trinajstić information content (AvgIpc) is 3.20. The van der Waals surface area contributed by atoms with E-state index in [1.807, 2.05) is 0 Å². The average molecular weight is 553 g/mol. The van der Waals surface area contributed by atoms with Gasteiger partial charge in [0.05, 0.1) is 6.54 Å². The van der Waals surface area contributed by atoms with Crippen LogP contribution in [0.25, 0.3) is 0 Å². The molecule has 0 bridgehead atoms. The quantitative estimate of drug-likeness (QED) is 0.228. The summed E-state index contributed by atoms with van der Waals surface area (Å²) in [7, 11) is 0. The minimum Gasteiger partial charge on any atom is -0.446 e. The van der Waals surface area contributed by atoms with Crippen LogP contribution >= 0.6 is 0 Å². The summed E-state index contributed by atoms with van der Waals surface area (Å²) in [5.74, 6) is 4.20. The van der Waals surface area contributed by atoms with E-state index in [2.05, 4.69) is 61.6 Å². The van der Waals surface area contributed by atoms with Crippen molar-refractivity contribution in [1.29, 1.82) is 0 Å². The van der Waals surface area contributed by atoms with Gasteiger partial charge >= 0.3 is 6.09 Å². The van der Waals surface area contributed by atoms with Crippen molar-refractivity contribution in [3.05, 3.63) is 11.6 Å². The summed E-state index contributed by atoms with van der Waals surface area (Å²) < 4.78 is 5.92. The van der Waals surface area contributed by atoms with Crippen LogP contribution in [0.3, 0.4) is 0 Å². The summed E-state index contributed by atoms with van der Waals surface area (Å²) in [6.45, 7) is 15.6. The van der Waals surface area contributed by atoms with Crippen molar-refractivity contribution < 1.29 is 9.53 Å². The van der Waals surface area contributed by atoms with Gasteiger partial charge in [0, 0.05) is 26.1 Å². The second kappa shape index (κ2) is 10.5. The smallest absolute Gasteiger partial charge is 0.407 e. The number of guanidine groups is 1. The Hall–Kier alpha value is -1.72. The number of carbonyl (C=O) groups excluding carboxylic acids is 1. The van der Waals surface area contributed by atoms with Gasteiger partial charge in [-0.05, 0) is 103 Å². The normalized spacial score (nSPS) is 43.2. The van der Waals surface area contributed by atoms with Gasteiger partial charge < -0.3 is 20.7 Å². The van der Waals surface area contributed by atoms with Crippen LogP contribution in [0, 0.1) is 45.3 Å². The van der Waals surface area contributed by atoms with E-state index in [4.69, 9.17) is 4.74 Å². The molecule has 4 fully saturated rings. The Morgan fingerprint density at radius 2 is 1.95 bits per heavy atom. The third-order valence-electron chi connectivity index (χ3n) is 13.3. The lowest BCUT2D eigenvalue weighted by Crippen LogP contribution is -2.51. The molecule has 6 aliphatic rings. The number of allylic oxidation sites excluding steroid dienone is 1. The molecular weight excluding hydrogens is 496 g/mol. The highest BCUT2D eigenvalue weighted by Gasteiger charge is 2.76. The zero-order chi connectivity index (χ0) is 28.2. The molecule has 0 saturated heterocycles. The summed E-state index contributed by atoms with van der Waals surface area (Å²) in [4.78, 5) is 16.8. The standard InChI is InChI=1S/C34H56N4O2/c1-23(2)7-6-13-31(3)22-34(31)16-12-28-26-9-8-24-21-25(10-14-32(24,4)27(26)11-15-33(28,34)5)40-30(39)38-20-19-37-29-35-17-18-36-29/h8,23,25-28H,6-7,9-22H2,1-5H3,(H,38,39)(H2,35,36,37)/t25-,26+,27-,28-,31-,32-,33-,34-/m0/s1. The molecular formula is C34H56N4O2. The van der Waals surface area contributed by atoms with Crippen molar-refractivity contribution in [3.8, 4) is 0 Å². The predicted molar refractivity (Wildman–Crippen MR) is 162 cm³/mol.